The molecule has 1 N–H and O–H groups in total. The summed E-state index contributed by atoms with van der Waals surface area (Å²) in [6, 6.07) is 0. The van der Waals surface area contributed by atoms with Crippen molar-refractivity contribution in [3.8, 4) is 0 Å². The van der Waals surface area contributed by atoms with Crippen molar-refractivity contribution in [3.63, 3.8) is 0 Å². The molecule has 8 nitrogen and oxygen atoms in total. The van der Waals surface area contributed by atoms with Gasteiger partial charge < -0.3 is 33.5 Å². The average Bonchev–Trinajstić information content (AvgIpc) is 3.41. The standard InChI is InChI=1S/C29H46O8/c1-17(2)19-11-10-18(3)16-20(19)32-27(31)33-22-21(30)23-25(36-28(34-23)12-6-4-7-13-28)26-24(22)35-29(37-26)14-8-5-9-15-29/h17-26,30H,4-16H2,1-3H3/t18-,19-,20+,21+,22+,23+,24+,25+,26-/m1/s1. The summed E-state index contributed by atoms with van der Waals surface area (Å²) in [5.41, 5.74) is 0. The lowest BCUT2D eigenvalue weighted by atomic mass is 9.75. The quantitative estimate of drug-likeness (QED) is 0.504. The van der Waals surface area contributed by atoms with Gasteiger partial charge in [0.1, 0.15) is 36.6 Å². The van der Waals surface area contributed by atoms with E-state index in [2.05, 4.69) is 20.8 Å². The van der Waals surface area contributed by atoms with Crippen molar-refractivity contribution < 1.29 is 38.3 Å². The molecule has 0 radical (unpaired) electrons. The third-order valence-corrected chi connectivity index (χ3v) is 10.0. The zero-order valence-electron chi connectivity index (χ0n) is 22.8. The van der Waals surface area contributed by atoms with E-state index in [9.17, 15) is 9.90 Å². The molecule has 0 bridgehead atoms. The Morgan fingerprint density at radius 3 is 1.92 bits per heavy atom. The van der Waals surface area contributed by atoms with E-state index in [-0.39, 0.29) is 6.10 Å². The fourth-order valence-electron chi connectivity index (χ4n) is 8.02. The number of carbonyl (C=O) groups excluding carboxylic acids is 1. The van der Waals surface area contributed by atoms with Crippen LogP contribution in [0.2, 0.25) is 0 Å². The van der Waals surface area contributed by atoms with Crippen molar-refractivity contribution in [2.45, 2.75) is 159 Å². The second-order valence-electron chi connectivity index (χ2n) is 13.1. The van der Waals surface area contributed by atoms with Crippen molar-refractivity contribution in [1.82, 2.24) is 0 Å². The molecule has 2 saturated heterocycles. The van der Waals surface area contributed by atoms with Crippen LogP contribution in [0.15, 0.2) is 0 Å². The Morgan fingerprint density at radius 2 is 1.32 bits per heavy atom. The number of rotatable bonds is 3. The second kappa shape index (κ2) is 10.2. The maximum atomic E-state index is 13.2. The maximum Gasteiger partial charge on any atom is 0.509 e. The normalized spacial score (nSPS) is 44.5. The average molecular weight is 523 g/mol. The van der Waals surface area contributed by atoms with E-state index in [1.54, 1.807) is 0 Å². The van der Waals surface area contributed by atoms with Crippen molar-refractivity contribution in [2.75, 3.05) is 0 Å². The molecule has 0 amide bonds. The van der Waals surface area contributed by atoms with E-state index in [4.69, 9.17) is 28.4 Å². The highest BCUT2D eigenvalue weighted by atomic mass is 16.8. The molecule has 37 heavy (non-hydrogen) atoms. The molecule has 2 heterocycles. The number of fused-ring (bicyclic) bond motifs is 3. The number of aliphatic hydroxyl groups excluding tert-OH is 1. The minimum atomic E-state index is -1.08. The van der Waals surface area contributed by atoms with Gasteiger partial charge in [0.15, 0.2) is 17.7 Å². The van der Waals surface area contributed by atoms with Crippen LogP contribution in [-0.2, 0) is 28.4 Å². The Balaban J connectivity index is 1.22. The van der Waals surface area contributed by atoms with Gasteiger partial charge in [-0.1, -0.05) is 40.0 Å². The minimum Gasteiger partial charge on any atom is -0.431 e. The van der Waals surface area contributed by atoms with Crippen LogP contribution < -0.4 is 0 Å². The van der Waals surface area contributed by atoms with Crippen molar-refractivity contribution >= 4 is 6.16 Å². The number of hydrogen-bond acceptors (Lipinski definition) is 8. The van der Waals surface area contributed by atoms with E-state index in [0.717, 1.165) is 83.5 Å². The molecule has 0 aromatic rings. The fraction of sp³-hybridized carbons (Fsp3) is 0.966. The molecule has 210 valence electrons. The highest BCUT2D eigenvalue weighted by Crippen LogP contribution is 2.52. The first kappa shape index (κ1) is 26.3. The lowest BCUT2D eigenvalue weighted by Crippen LogP contribution is -2.62. The van der Waals surface area contributed by atoms with Gasteiger partial charge in [0.05, 0.1) is 0 Å². The van der Waals surface area contributed by atoms with Gasteiger partial charge in [0, 0.05) is 25.7 Å². The Kier molecular flexibility index (Phi) is 7.27. The monoisotopic (exact) mass is 522 g/mol. The summed E-state index contributed by atoms with van der Waals surface area (Å²) in [5.74, 6) is -0.161. The summed E-state index contributed by atoms with van der Waals surface area (Å²) < 4.78 is 38.2. The zero-order valence-corrected chi connectivity index (χ0v) is 22.8. The fourth-order valence-corrected chi connectivity index (χ4v) is 8.02. The number of carbonyl (C=O) groups is 1. The summed E-state index contributed by atoms with van der Waals surface area (Å²) in [4.78, 5) is 13.2. The Bertz CT molecular complexity index is 819. The predicted octanol–water partition coefficient (Wildman–Crippen LogP) is 5.23. The number of aliphatic hydroxyl groups is 1. The molecule has 4 saturated carbocycles. The first-order valence-corrected chi connectivity index (χ1v) is 15.0. The summed E-state index contributed by atoms with van der Waals surface area (Å²) in [6.07, 6.45) is 7.64. The van der Waals surface area contributed by atoms with Gasteiger partial charge in [-0.25, -0.2) is 4.79 Å². The number of hydrogen-bond donors (Lipinski definition) is 1. The third kappa shape index (κ3) is 4.94. The van der Waals surface area contributed by atoms with Crippen LogP contribution in [0.4, 0.5) is 4.79 Å². The van der Waals surface area contributed by atoms with E-state index < -0.39 is 54.4 Å². The van der Waals surface area contributed by atoms with Crippen LogP contribution in [0.25, 0.3) is 0 Å². The highest BCUT2D eigenvalue weighted by Gasteiger charge is 2.67. The smallest absolute Gasteiger partial charge is 0.431 e. The highest BCUT2D eigenvalue weighted by molar-refractivity contribution is 5.60. The molecule has 8 heteroatoms. The van der Waals surface area contributed by atoms with Crippen LogP contribution in [0.3, 0.4) is 0 Å². The van der Waals surface area contributed by atoms with Gasteiger partial charge >= 0.3 is 6.16 Å². The van der Waals surface area contributed by atoms with Crippen molar-refractivity contribution in [1.29, 1.82) is 0 Å². The summed E-state index contributed by atoms with van der Waals surface area (Å²) in [7, 11) is 0. The first-order chi connectivity index (χ1) is 17.8. The van der Waals surface area contributed by atoms with E-state index in [1.807, 2.05) is 0 Å². The van der Waals surface area contributed by atoms with Gasteiger partial charge in [-0.05, 0) is 56.3 Å². The molecule has 0 aromatic carbocycles. The van der Waals surface area contributed by atoms with Crippen LogP contribution in [-0.4, -0.2) is 65.6 Å². The molecule has 2 spiro atoms. The lowest BCUT2D eigenvalue weighted by Gasteiger charge is -2.40. The molecule has 4 aliphatic carbocycles. The van der Waals surface area contributed by atoms with Crippen LogP contribution in [0.1, 0.15) is 104 Å². The molecule has 0 unspecified atom stereocenters. The molecular weight excluding hydrogens is 476 g/mol. The molecule has 6 rings (SSSR count). The summed E-state index contributed by atoms with van der Waals surface area (Å²) in [5, 5.41) is 11.6. The van der Waals surface area contributed by atoms with Crippen molar-refractivity contribution in [3.05, 3.63) is 0 Å². The Hall–Kier alpha value is -0.930. The SMILES string of the molecule is CC(C)[C@H]1CC[C@@H](C)C[C@@H]1OC(=O)O[C@H]1[C@H](O)[C@@H]2OC3(CCCCC3)O[C@@H]2[C@@H]2OC3(CCCCC3)O[C@H]21. The van der Waals surface area contributed by atoms with Gasteiger partial charge in [0.2, 0.25) is 0 Å². The van der Waals surface area contributed by atoms with Gasteiger partial charge in [-0.2, -0.15) is 0 Å². The van der Waals surface area contributed by atoms with E-state index in [1.165, 1.54) is 0 Å². The van der Waals surface area contributed by atoms with E-state index in [0.29, 0.717) is 17.8 Å². The van der Waals surface area contributed by atoms with Crippen LogP contribution in [0, 0.1) is 17.8 Å². The van der Waals surface area contributed by atoms with Gasteiger partial charge in [-0.3, -0.25) is 0 Å². The Labute approximate surface area is 221 Å². The molecule has 9 atom stereocenters. The van der Waals surface area contributed by atoms with Gasteiger partial charge in [0.25, 0.3) is 0 Å². The Morgan fingerprint density at radius 1 is 0.784 bits per heavy atom. The molecule has 2 aliphatic heterocycles. The molecular formula is C29H46O8. The predicted molar refractivity (Wildman–Crippen MR) is 134 cm³/mol. The molecule has 6 aliphatic rings. The minimum absolute atomic E-state index is 0.178. The zero-order chi connectivity index (χ0) is 25.8. The molecule has 6 fully saturated rings. The van der Waals surface area contributed by atoms with Crippen LogP contribution >= 0.6 is 0 Å². The lowest BCUT2D eigenvalue weighted by molar-refractivity contribution is -0.225. The van der Waals surface area contributed by atoms with Crippen molar-refractivity contribution in [2.24, 2.45) is 17.8 Å². The number of ether oxygens (including phenoxy) is 6. The second-order valence-corrected chi connectivity index (χ2v) is 13.1. The van der Waals surface area contributed by atoms with Crippen LogP contribution in [0.5, 0.6) is 0 Å². The molecule has 0 aromatic heterocycles. The topological polar surface area (TPSA) is 92.7 Å². The largest absolute Gasteiger partial charge is 0.509 e. The van der Waals surface area contributed by atoms with Gasteiger partial charge in [-0.15, -0.1) is 0 Å². The summed E-state index contributed by atoms with van der Waals surface area (Å²) >= 11 is 0. The van der Waals surface area contributed by atoms with E-state index >= 15 is 0 Å². The third-order valence-electron chi connectivity index (χ3n) is 10.0. The first-order valence-electron chi connectivity index (χ1n) is 15.0. The maximum absolute atomic E-state index is 13.2. The summed E-state index contributed by atoms with van der Waals surface area (Å²) in [6.45, 7) is 6.58.